The molecule has 0 unspecified atom stereocenters. The molecule has 8 heterocycles. The first-order valence-corrected chi connectivity index (χ1v) is 24.7. The van der Waals surface area contributed by atoms with Crippen LogP contribution in [0.5, 0.6) is 0 Å². The lowest BCUT2D eigenvalue weighted by molar-refractivity contribution is 0.0942. The van der Waals surface area contributed by atoms with Crippen molar-refractivity contribution in [3.63, 3.8) is 0 Å². The normalized spacial score (nSPS) is 12.6. The van der Waals surface area contributed by atoms with Gasteiger partial charge in [-0.2, -0.15) is 0 Å². The molecule has 0 aliphatic carbocycles. The maximum atomic E-state index is 13.0. The maximum absolute atomic E-state index is 13.0. The predicted molar refractivity (Wildman–Crippen MR) is 272 cm³/mol. The minimum atomic E-state index is -0.138. The largest absolute Gasteiger partial charge is 0.366 e. The molecule has 0 spiro atoms. The lowest BCUT2D eigenvalue weighted by atomic mass is 10.0. The average molecular weight is 976 g/mol. The highest BCUT2D eigenvalue weighted by atomic mass is 35.5. The minimum Gasteiger partial charge on any atom is -0.366 e. The van der Waals surface area contributed by atoms with Crippen molar-refractivity contribution in [2.45, 2.75) is 50.1 Å². The second-order valence-corrected chi connectivity index (χ2v) is 17.5. The van der Waals surface area contributed by atoms with E-state index in [9.17, 15) is 9.59 Å². The fourth-order valence-electron chi connectivity index (χ4n) is 7.30. The summed E-state index contributed by atoms with van der Waals surface area (Å²) in [6.45, 7) is 6.47. The minimum absolute atomic E-state index is 0.0612. The summed E-state index contributed by atoms with van der Waals surface area (Å²) in [6.07, 6.45) is 15.1. The SMILES string of the molecule is CSc1ncc2c(n1)CCN(c1cc(NCc3ccc(-c4ccnc(C)c4)cc3)ncn1)C2=O.CSc1ncc2c(n1)CCNC2=O.Cc1cc(-c2ccc(CNc3cc(Cl)ncn3)cc2)ccn1. The van der Waals surface area contributed by atoms with Gasteiger partial charge in [0.25, 0.3) is 11.8 Å². The van der Waals surface area contributed by atoms with Gasteiger partial charge in [-0.15, -0.1) is 0 Å². The summed E-state index contributed by atoms with van der Waals surface area (Å²) in [4.78, 5) is 68.1. The lowest BCUT2D eigenvalue weighted by Crippen LogP contribution is -2.39. The third kappa shape index (κ3) is 12.8. The fourth-order valence-corrected chi connectivity index (χ4v) is 8.17. The number of anilines is 3. The predicted octanol–water partition coefficient (Wildman–Crippen LogP) is 8.77. The van der Waals surface area contributed by atoms with E-state index in [2.05, 4.69) is 126 Å². The topological polar surface area (TPSA) is 202 Å². The van der Waals surface area contributed by atoms with E-state index in [1.165, 1.54) is 52.9 Å². The Bertz CT molecular complexity index is 3070. The summed E-state index contributed by atoms with van der Waals surface area (Å²) in [6, 6.07) is 28.5. The highest BCUT2D eigenvalue weighted by molar-refractivity contribution is 7.98. The van der Waals surface area contributed by atoms with Crippen molar-refractivity contribution in [3.8, 4) is 22.3 Å². The number of fused-ring (bicyclic) bond motifs is 2. The molecular formula is C50H47ClN14O2S2. The molecule has 3 N–H and O–H groups in total. The number of hydrogen-bond acceptors (Lipinski definition) is 16. The number of amides is 2. The zero-order chi connectivity index (χ0) is 48.1. The molecule has 0 saturated heterocycles. The van der Waals surface area contributed by atoms with Crippen LogP contribution in [0.15, 0.2) is 133 Å². The Morgan fingerprint density at radius 2 is 1.14 bits per heavy atom. The first-order valence-electron chi connectivity index (χ1n) is 21.8. The molecule has 2 aromatic carbocycles. The first-order chi connectivity index (χ1) is 33.6. The summed E-state index contributed by atoms with van der Waals surface area (Å²) in [5.41, 5.74) is 11.8. The molecular weight excluding hydrogens is 928 g/mol. The third-order valence-electron chi connectivity index (χ3n) is 10.9. The molecule has 0 atom stereocenters. The van der Waals surface area contributed by atoms with E-state index in [-0.39, 0.29) is 11.8 Å². The van der Waals surface area contributed by atoms with E-state index in [0.717, 1.165) is 51.0 Å². The van der Waals surface area contributed by atoms with Gasteiger partial charge >= 0.3 is 0 Å². The van der Waals surface area contributed by atoms with Crippen LogP contribution in [-0.2, 0) is 25.9 Å². The third-order valence-corrected chi connectivity index (χ3v) is 12.2. The van der Waals surface area contributed by atoms with Crippen LogP contribution in [0, 0.1) is 13.8 Å². The molecule has 348 valence electrons. The van der Waals surface area contributed by atoms with Gasteiger partial charge in [0.2, 0.25) is 0 Å². The number of nitrogens with zero attached hydrogens (tertiary/aromatic N) is 11. The van der Waals surface area contributed by atoms with Crippen LogP contribution in [-0.4, -0.2) is 87.3 Å². The number of thioether (sulfide) groups is 2. The summed E-state index contributed by atoms with van der Waals surface area (Å²) < 4.78 is 0. The van der Waals surface area contributed by atoms with Crippen LogP contribution in [0.2, 0.25) is 5.15 Å². The molecule has 0 fully saturated rings. The van der Waals surface area contributed by atoms with Crippen LogP contribution in [0.25, 0.3) is 22.3 Å². The van der Waals surface area contributed by atoms with Gasteiger partial charge in [-0.05, 0) is 84.0 Å². The molecule has 10 rings (SSSR count). The Balaban J connectivity index is 0.000000156. The lowest BCUT2D eigenvalue weighted by Gasteiger charge is -2.27. The van der Waals surface area contributed by atoms with Gasteiger partial charge in [-0.25, -0.2) is 39.9 Å². The Morgan fingerprint density at radius 3 is 1.70 bits per heavy atom. The maximum Gasteiger partial charge on any atom is 0.262 e. The van der Waals surface area contributed by atoms with E-state index in [4.69, 9.17) is 11.6 Å². The van der Waals surface area contributed by atoms with Crippen molar-refractivity contribution in [2.75, 3.05) is 41.1 Å². The molecule has 6 aromatic heterocycles. The smallest absolute Gasteiger partial charge is 0.262 e. The van der Waals surface area contributed by atoms with Crippen molar-refractivity contribution in [1.29, 1.82) is 0 Å². The molecule has 2 aliphatic heterocycles. The number of pyridine rings is 2. The number of nitrogens with one attached hydrogen (secondary N) is 3. The average Bonchev–Trinajstić information content (AvgIpc) is 3.38. The summed E-state index contributed by atoms with van der Waals surface area (Å²) in [5.74, 6) is 1.74. The molecule has 2 aliphatic rings. The van der Waals surface area contributed by atoms with Crippen LogP contribution < -0.4 is 20.9 Å². The van der Waals surface area contributed by atoms with Crippen LogP contribution in [0.4, 0.5) is 17.5 Å². The van der Waals surface area contributed by atoms with Crippen molar-refractivity contribution >= 4 is 64.4 Å². The Kier molecular flexibility index (Phi) is 16.1. The number of carbonyl (C=O) groups is 2. The van der Waals surface area contributed by atoms with Gasteiger partial charge in [0.15, 0.2) is 10.3 Å². The van der Waals surface area contributed by atoms with Gasteiger partial charge in [0, 0.05) is 87.3 Å². The highest BCUT2D eigenvalue weighted by Crippen LogP contribution is 2.26. The standard InChI is InChI=1S/C25H23N7OS.C17H15ClN4.C8H9N3OS/c1-16-11-19(7-9-26-16)18-5-3-17(4-6-18)13-27-22-12-23(30-15-29-22)32-10-8-21-20(24(32)33)14-28-25(31-21)34-2;1-12-8-15(6-7-19-12)14-4-2-13(3-5-14)10-20-17-9-16(18)21-11-22-17;1-13-8-10-4-5-6(11-8)2-3-9-7(5)12/h3-7,9,11-12,14-15H,8,10,13H2,1-2H3,(H,27,29,30);2-9,11H,10H2,1H3,(H,20,21,22);4H,2-3H2,1H3,(H,9,12). The number of benzene rings is 2. The zero-order valence-corrected chi connectivity index (χ0v) is 40.6. The number of rotatable bonds is 11. The van der Waals surface area contributed by atoms with Crippen LogP contribution >= 0.6 is 35.1 Å². The zero-order valence-electron chi connectivity index (χ0n) is 38.2. The molecule has 69 heavy (non-hydrogen) atoms. The second-order valence-electron chi connectivity index (χ2n) is 15.6. The molecule has 2 amide bonds. The highest BCUT2D eigenvalue weighted by Gasteiger charge is 2.28. The van der Waals surface area contributed by atoms with E-state index >= 15 is 0 Å². The number of hydrogen-bond donors (Lipinski definition) is 3. The van der Waals surface area contributed by atoms with E-state index < -0.39 is 0 Å². The van der Waals surface area contributed by atoms with Crippen molar-refractivity contribution in [1.82, 2.24) is 55.2 Å². The van der Waals surface area contributed by atoms with Crippen LogP contribution in [0.3, 0.4) is 0 Å². The Labute approximate surface area is 413 Å². The fraction of sp³-hybridized carbons (Fsp3) is 0.200. The summed E-state index contributed by atoms with van der Waals surface area (Å²) >= 11 is 8.79. The molecule has 19 heteroatoms. The van der Waals surface area contributed by atoms with Gasteiger partial charge in [0.05, 0.1) is 22.5 Å². The van der Waals surface area contributed by atoms with Gasteiger partial charge in [-0.1, -0.05) is 83.7 Å². The number of aryl methyl sites for hydroxylation is 2. The van der Waals surface area contributed by atoms with Gasteiger partial charge in [0.1, 0.15) is 35.3 Å². The van der Waals surface area contributed by atoms with E-state index in [0.29, 0.717) is 71.5 Å². The summed E-state index contributed by atoms with van der Waals surface area (Å²) in [7, 11) is 0. The van der Waals surface area contributed by atoms with Crippen molar-refractivity contribution < 1.29 is 9.59 Å². The molecule has 16 nitrogen and oxygen atoms in total. The Morgan fingerprint density at radius 1 is 0.609 bits per heavy atom. The van der Waals surface area contributed by atoms with Gasteiger partial charge in [-0.3, -0.25) is 24.5 Å². The van der Waals surface area contributed by atoms with Crippen molar-refractivity contribution in [2.24, 2.45) is 0 Å². The molecule has 0 radical (unpaired) electrons. The van der Waals surface area contributed by atoms with Crippen LogP contribution in [0.1, 0.15) is 54.6 Å². The monoisotopic (exact) mass is 974 g/mol. The molecule has 0 bridgehead atoms. The summed E-state index contributed by atoms with van der Waals surface area (Å²) in [5, 5.41) is 11.1. The van der Waals surface area contributed by atoms with Crippen molar-refractivity contribution in [3.05, 3.63) is 173 Å². The van der Waals surface area contributed by atoms with E-state index in [1.54, 1.807) is 29.4 Å². The number of aromatic nitrogens is 10. The second kappa shape index (κ2) is 23.1. The quantitative estimate of drug-likeness (QED) is 0.0630. The Hall–Kier alpha value is -7.41. The first kappa shape index (κ1) is 48.1. The molecule has 8 aromatic rings. The number of halogens is 1. The molecule has 0 saturated carbocycles. The van der Waals surface area contributed by atoms with E-state index in [1.807, 2.05) is 50.9 Å². The number of carbonyl (C=O) groups excluding carboxylic acids is 2. The van der Waals surface area contributed by atoms with Gasteiger partial charge < -0.3 is 16.0 Å².